The molecule has 0 radical (unpaired) electrons. The first-order valence-electron chi connectivity index (χ1n) is 8.95. The van der Waals surface area contributed by atoms with Gasteiger partial charge in [0.05, 0.1) is 11.6 Å². The number of rotatable bonds is 9. The number of alkyl halides is 2. The van der Waals surface area contributed by atoms with Crippen LogP contribution in [0.3, 0.4) is 0 Å². The number of hydrogen-bond acceptors (Lipinski definition) is 4. The lowest BCUT2D eigenvalue weighted by Gasteiger charge is -2.13. The van der Waals surface area contributed by atoms with Crippen LogP contribution < -0.4 is 15.4 Å². The number of thiazole rings is 1. The second-order valence-electron chi connectivity index (χ2n) is 6.10. The molecular formula is C19H27F2IN4OS. The second-order valence-corrected chi connectivity index (χ2v) is 7.04. The van der Waals surface area contributed by atoms with Gasteiger partial charge in [0.15, 0.2) is 5.96 Å². The zero-order chi connectivity index (χ0) is 19.6. The molecule has 5 nitrogen and oxygen atoms in total. The summed E-state index contributed by atoms with van der Waals surface area (Å²) < 4.78 is 29.8. The van der Waals surface area contributed by atoms with E-state index in [4.69, 9.17) is 0 Å². The highest BCUT2D eigenvalue weighted by molar-refractivity contribution is 14.0. The van der Waals surface area contributed by atoms with Gasteiger partial charge in [-0.15, -0.1) is 35.3 Å². The maximum absolute atomic E-state index is 12.6. The van der Waals surface area contributed by atoms with E-state index in [1.165, 1.54) is 0 Å². The fourth-order valence-corrected chi connectivity index (χ4v) is 3.33. The van der Waals surface area contributed by atoms with Gasteiger partial charge in [-0.1, -0.05) is 17.7 Å². The Morgan fingerprint density at radius 2 is 2.07 bits per heavy atom. The number of halogens is 3. The molecule has 28 heavy (non-hydrogen) atoms. The van der Waals surface area contributed by atoms with Gasteiger partial charge < -0.3 is 15.4 Å². The van der Waals surface area contributed by atoms with E-state index in [0.29, 0.717) is 18.1 Å². The number of nitrogens with one attached hydrogen (secondary N) is 2. The monoisotopic (exact) mass is 524 g/mol. The Morgan fingerprint density at radius 1 is 1.29 bits per heavy atom. The van der Waals surface area contributed by atoms with Crippen LogP contribution in [0.5, 0.6) is 5.75 Å². The first-order valence-corrected chi connectivity index (χ1v) is 9.83. The third kappa shape index (κ3) is 8.68. The van der Waals surface area contributed by atoms with E-state index in [0.717, 1.165) is 35.7 Å². The molecule has 9 heteroatoms. The number of aliphatic imine (C=N–C) groups is 1. The first kappa shape index (κ1) is 24.5. The van der Waals surface area contributed by atoms with Gasteiger partial charge in [0, 0.05) is 36.1 Å². The molecule has 0 aliphatic heterocycles. The van der Waals surface area contributed by atoms with Gasteiger partial charge in [0.1, 0.15) is 5.75 Å². The van der Waals surface area contributed by atoms with Crippen LogP contribution in [0.1, 0.15) is 35.2 Å². The average molecular weight is 524 g/mol. The van der Waals surface area contributed by atoms with E-state index in [1.54, 1.807) is 23.5 Å². The first-order chi connectivity index (χ1) is 13.0. The molecule has 0 unspecified atom stereocenters. The molecule has 2 N–H and O–H groups in total. The zero-order valence-electron chi connectivity index (χ0n) is 16.3. The predicted molar refractivity (Wildman–Crippen MR) is 121 cm³/mol. The van der Waals surface area contributed by atoms with Gasteiger partial charge >= 0.3 is 6.61 Å². The van der Waals surface area contributed by atoms with Crippen LogP contribution in [0.25, 0.3) is 0 Å². The van der Waals surface area contributed by atoms with Crippen LogP contribution in [0.15, 0.2) is 28.6 Å². The van der Waals surface area contributed by atoms with Crippen molar-refractivity contribution >= 4 is 41.3 Å². The lowest BCUT2D eigenvalue weighted by molar-refractivity contribution is -0.0504. The molecule has 0 aliphatic rings. The van der Waals surface area contributed by atoms with Crippen LogP contribution in [-0.4, -0.2) is 30.6 Å². The van der Waals surface area contributed by atoms with E-state index >= 15 is 0 Å². The molecule has 0 fully saturated rings. The highest BCUT2D eigenvalue weighted by atomic mass is 127. The van der Waals surface area contributed by atoms with E-state index in [2.05, 4.69) is 30.7 Å². The summed E-state index contributed by atoms with van der Waals surface area (Å²) in [5, 5.41) is 9.62. The second kappa shape index (κ2) is 12.9. The molecule has 0 atom stereocenters. The largest absolute Gasteiger partial charge is 0.434 e. The Bertz CT molecular complexity index is 755. The number of nitrogens with zero attached hydrogens (tertiary/aromatic N) is 2. The SMILES string of the molecule is CCNC(=NCc1cc(C)ccc1OC(F)F)NCCCc1nc(C)cs1.I. The van der Waals surface area contributed by atoms with E-state index in [-0.39, 0.29) is 36.3 Å². The van der Waals surface area contributed by atoms with Crippen molar-refractivity contribution in [2.24, 2.45) is 4.99 Å². The molecule has 2 aromatic rings. The van der Waals surface area contributed by atoms with Crippen LogP contribution in [0.4, 0.5) is 8.78 Å². The van der Waals surface area contributed by atoms with Gasteiger partial charge in [-0.2, -0.15) is 8.78 Å². The molecule has 1 aromatic carbocycles. The Labute approximate surface area is 186 Å². The van der Waals surface area contributed by atoms with Gasteiger partial charge in [0.2, 0.25) is 0 Å². The summed E-state index contributed by atoms with van der Waals surface area (Å²) >= 11 is 1.67. The normalized spacial score (nSPS) is 11.3. The van der Waals surface area contributed by atoms with Crippen molar-refractivity contribution in [1.82, 2.24) is 15.6 Å². The third-order valence-corrected chi connectivity index (χ3v) is 4.74. The Hall–Kier alpha value is -1.49. The topological polar surface area (TPSA) is 58.5 Å². The fraction of sp³-hybridized carbons (Fsp3) is 0.474. The number of hydrogen-bond donors (Lipinski definition) is 2. The molecule has 0 saturated heterocycles. The average Bonchev–Trinajstić information content (AvgIpc) is 3.03. The number of benzene rings is 1. The van der Waals surface area contributed by atoms with Crippen molar-refractivity contribution in [3.8, 4) is 5.75 Å². The van der Waals surface area contributed by atoms with Crippen molar-refractivity contribution in [2.45, 2.75) is 46.8 Å². The molecule has 1 aromatic heterocycles. The van der Waals surface area contributed by atoms with Crippen molar-refractivity contribution < 1.29 is 13.5 Å². The number of guanidine groups is 1. The summed E-state index contributed by atoms with van der Waals surface area (Å²) in [6.45, 7) is 4.74. The Balaban J connectivity index is 0.00000392. The van der Waals surface area contributed by atoms with E-state index in [9.17, 15) is 8.78 Å². The summed E-state index contributed by atoms with van der Waals surface area (Å²) in [6.07, 6.45) is 1.84. The van der Waals surface area contributed by atoms with Crippen molar-refractivity contribution in [2.75, 3.05) is 13.1 Å². The minimum Gasteiger partial charge on any atom is -0.434 e. The van der Waals surface area contributed by atoms with Gasteiger partial charge in [-0.05, 0) is 33.3 Å². The molecule has 0 saturated carbocycles. The predicted octanol–water partition coefficient (Wildman–Crippen LogP) is 4.67. The van der Waals surface area contributed by atoms with E-state index in [1.807, 2.05) is 26.8 Å². The molecule has 0 bridgehead atoms. The van der Waals surface area contributed by atoms with Crippen LogP contribution in [-0.2, 0) is 13.0 Å². The highest BCUT2D eigenvalue weighted by Crippen LogP contribution is 2.22. The molecule has 0 amide bonds. The molecular weight excluding hydrogens is 497 g/mol. The number of ether oxygens (including phenoxy) is 1. The quantitative estimate of drug-likeness (QED) is 0.217. The molecule has 2 rings (SSSR count). The van der Waals surface area contributed by atoms with Gasteiger partial charge in [-0.3, -0.25) is 0 Å². The third-order valence-electron chi connectivity index (χ3n) is 3.71. The standard InChI is InChI=1S/C19H26F2N4OS.HI/c1-4-22-19(23-9-5-6-17-25-14(3)12-27-17)24-11-15-10-13(2)7-8-16(15)26-18(20)21;/h7-8,10,12,18H,4-6,9,11H2,1-3H3,(H2,22,23,24);1H. The minimum absolute atomic E-state index is 0. The highest BCUT2D eigenvalue weighted by Gasteiger charge is 2.10. The Kier molecular flexibility index (Phi) is 11.3. The minimum atomic E-state index is -2.85. The lowest BCUT2D eigenvalue weighted by Crippen LogP contribution is -2.37. The molecule has 0 aliphatic carbocycles. The van der Waals surface area contributed by atoms with Crippen molar-refractivity contribution in [1.29, 1.82) is 0 Å². The van der Waals surface area contributed by atoms with Gasteiger partial charge in [-0.25, -0.2) is 9.98 Å². The summed E-state index contributed by atoms with van der Waals surface area (Å²) in [6, 6.07) is 5.12. The zero-order valence-corrected chi connectivity index (χ0v) is 19.4. The number of aromatic nitrogens is 1. The summed E-state index contributed by atoms with van der Waals surface area (Å²) in [7, 11) is 0. The maximum Gasteiger partial charge on any atom is 0.387 e. The lowest BCUT2D eigenvalue weighted by atomic mass is 10.1. The molecule has 156 valence electrons. The Morgan fingerprint density at radius 3 is 2.71 bits per heavy atom. The van der Waals surface area contributed by atoms with Crippen LogP contribution >= 0.6 is 35.3 Å². The molecule has 1 heterocycles. The van der Waals surface area contributed by atoms with Crippen molar-refractivity contribution in [3.05, 3.63) is 45.4 Å². The van der Waals surface area contributed by atoms with Crippen LogP contribution in [0.2, 0.25) is 0 Å². The smallest absolute Gasteiger partial charge is 0.387 e. The fourth-order valence-electron chi connectivity index (χ4n) is 2.51. The van der Waals surface area contributed by atoms with Gasteiger partial charge in [0.25, 0.3) is 0 Å². The van der Waals surface area contributed by atoms with Crippen LogP contribution in [0, 0.1) is 13.8 Å². The summed E-state index contributed by atoms with van der Waals surface area (Å²) in [4.78, 5) is 8.95. The molecule has 0 spiro atoms. The summed E-state index contributed by atoms with van der Waals surface area (Å²) in [5.74, 6) is 0.812. The number of aryl methyl sites for hydroxylation is 3. The maximum atomic E-state index is 12.6. The summed E-state index contributed by atoms with van der Waals surface area (Å²) in [5.41, 5.74) is 2.65. The van der Waals surface area contributed by atoms with E-state index < -0.39 is 6.61 Å². The van der Waals surface area contributed by atoms with Crippen molar-refractivity contribution in [3.63, 3.8) is 0 Å².